The Bertz CT molecular complexity index is 483. The van der Waals surface area contributed by atoms with Crippen LogP contribution < -0.4 is 0 Å². The lowest BCUT2D eigenvalue weighted by atomic mass is 9.87. The van der Waals surface area contributed by atoms with Gasteiger partial charge in [-0.2, -0.15) is 0 Å². The third-order valence-corrected chi connectivity index (χ3v) is 4.37. The lowest BCUT2D eigenvalue weighted by Gasteiger charge is -2.16. The van der Waals surface area contributed by atoms with E-state index in [1.807, 2.05) is 7.05 Å². The van der Waals surface area contributed by atoms with E-state index >= 15 is 0 Å². The Labute approximate surface area is 107 Å². The van der Waals surface area contributed by atoms with E-state index < -0.39 is 5.97 Å². The van der Waals surface area contributed by atoms with Crippen molar-refractivity contribution in [2.45, 2.75) is 25.2 Å². The van der Waals surface area contributed by atoms with Crippen LogP contribution in [0.1, 0.15) is 29.0 Å². The minimum atomic E-state index is -0.662. The molecular formula is C15H19NO2. The van der Waals surface area contributed by atoms with Crippen LogP contribution in [0.3, 0.4) is 0 Å². The number of aliphatic carboxylic acids is 1. The van der Waals surface area contributed by atoms with Crippen LogP contribution in [0.25, 0.3) is 0 Å². The summed E-state index contributed by atoms with van der Waals surface area (Å²) in [5, 5.41) is 9.33. The third-order valence-electron chi connectivity index (χ3n) is 4.37. The maximum absolute atomic E-state index is 11.3. The maximum atomic E-state index is 11.3. The molecule has 2 aliphatic rings. The van der Waals surface area contributed by atoms with Gasteiger partial charge in [0.25, 0.3) is 0 Å². The largest absolute Gasteiger partial charge is 0.481 e. The third kappa shape index (κ3) is 1.93. The molecule has 18 heavy (non-hydrogen) atoms. The van der Waals surface area contributed by atoms with Gasteiger partial charge in [-0.3, -0.25) is 4.79 Å². The first-order valence-electron chi connectivity index (χ1n) is 6.68. The van der Waals surface area contributed by atoms with Gasteiger partial charge >= 0.3 is 5.97 Å². The first-order valence-corrected chi connectivity index (χ1v) is 6.68. The number of carbonyl (C=O) groups is 1. The van der Waals surface area contributed by atoms with Gasteiger partial charge in [-0.15, -0.1) is 0 Å². The van der Waals surface area contributed by atoms with E-state index in [0.717, 1.165) is 13.0 Å². The van der Waals surface area contributed by atoms with Crippen molar-refractivity contribution < 1.29 is 9.90 Å². The van der Waals surface area contributed by atoms with Gasteiger partial charge in [0.2, 0.25) is 0 Å². The van der Waals surface area contributed by atoms with Crippen LogP contribution in [-0.4, -0.2) is 36.1 Å². The molecule has 1 aromatic rings. The van der Waals surface area contributed by atoms with Crippen molar-refractivity contribution in [1.29, 1.82) is 0 Å². The Morgan fingerprint density at radius 1 is 1.28 bits per heavy atom. The van der Waals surface area contributed by atoms with Crippen molar-refractivity contribution in [3.8, 4) is 0 Å². The number of fused-ring (bicyclic) bond motifs is 1. The summed E-state index contributed by atoms with van der Waals surface area (Å²) in [6, 6.07) is 6.60. The number of hydrogen-bond acceptors (Lipinski definition) is 2. The van der Waals surface area contributed by atoms with Crippen molar-refractivity contribution in [2.24, 2.45) is 5.92 Å². The predicted molar refractivity (Wildman–Crippen MR) is 69.8 cm³/mol. The van der Waals surface area contributed by atoms with Crippen LogP contribution in [0.5, 0.6) is 0 Å². The van der Waals surface area contributed by atoms with E-state index in [9.17, 15) is 9.90 Å². The molecule has 0 saturated carbocycles. The summed E-state index contributed by atoms with van der Waals surface area (Å²) >= 11 is 0. The zero-order valence-corrected chi connectivity index (χ0v) is 10.7. The fourth-order valence-corrected chi connectivity index (χ4v) is 3.41. The van der Waals surface area contributed by atoms with Gasteiger partial charge < -0.3 is 10.0 Å². The Kier molecular flexibility index (Phi) is 2.86. The molecule has 1 N–H and O–H groups in total. The van der Waals surface area contributed by atoms with Crippen LogP contribution in [0.2, 0.25) is 0 Å². The minimum absolute atomic E-state index is 0.151. The van der Waals surface area contributed by atoms with Gasteiger partial charge in [0, 0.05) is 19.0 Å². The molecule has 1 aliphatic heterocycles. The first-order chi connectivity index (χ1) is 8.65. The summed E-state index contributed by atoms with van der Waals surface area (Å²) in [7, 11) is 2.00. The van der Waals surface area contributed by atoms with Crippen LogP contribution >= 0.6 is 0 Å². The van der Waals surface area contributed by atoms with E-state index in [0.29, 0.717) is 6.54 Å². The zero-order valence-electron chi connectivity index (χ0n) is 10.7. The minimum Gasteiger partial charge on any atom is -0.481 e. The highest BCUT2D eigenvalue weighted by Crippen LogP contribution is 2.34. The quantitative estimate of drug-likeness (QED) is 0.865. The molecule has 1 saturated heterocycles. The number of carboxylic acid groups (broad SMARTS) is 1. The highest BCUT2D eigenvalue weighted by atomic mass is 16.4. The summed E-state index contributed by atoms with van der Waals surface area (Å²) in [6.07, 6.45) is 3.58. The predicted octanol–water partition coefficient (Wildman–Crippen LogP) is 1.91. The number of nitrogens with zero attached hydrogens (tertiary/aromatic N) is 1. The molecule has 1 fully saturated rings. The fraction of sp³-hybridized carbons (Fsp3) is 0.533. The molecule has 1 heterocycles. The molecule has 0 radical (unpaired) electrons. The second-order valence-corrected chi connectivity index (χ2v) is 5.65. The molecule has 0 aromatic heterocycles. The van der Waals surface area contributed by atoms with Gasteiger partial charge in [0.15, 0.2) is 0 Å². The Morgan fingerprint density at radius 2 is 2.06 bits per heavy atom. The van der Waals surface area contributed by atoms with E-state index in [-0.39, 0.29) is 11.8 Å². The highest BCUT2D eigenvalue weighted by molar-refractivity contribution is 5.72. The summed E-state index contributed by atoms with van der Waals surface area (Å²) in [6.45, 7) is 1.52. The second-order valence-electron chi connectivity index (χ2n) is 5.65. The molecule has 0 amide bonds. The summed E-state index contributed by atoms with van der Waals surface area (Å²) in [5.74, 6) is -0.766. The SMILES string of the molecule is CN1CC(C(=O)O)C(c2ccc3c(c2)CCC3)C1. The van der Waals surface area contributed by atoms with E-state index in [4.69, 9.17) is 0 Å². The average Bonchev–Trinajstić information content (AvgIpc) is 2.93. The average molecular weight is 245 g/mol. The van der Waals surface area contributed by atoms with E-state index in [1.54, 1.807) is 0 Å². The van der Waals surface area contributed by atoms with Crippen LogP contribution in [0, 0.1) is 5.92 Å². The number of aryl methyl sites for hydroxylation is 2. The van der Waals surface area contributed by atoms with Gasteiger partial charge in [0.05, 0.1) is 5.92 Å². The Balaban J connectivity index is 1.91. The Morgan fingerprint density at radius 3 is 2.83 bits per heavy atom. The first kappa shape index (κ1) is 11.7. The van der Waals surface area contributed by atoms with Gasteiger partial charge in [0.1, 0.15) is 0 Å². The monoisotopic (exact) mass is 245 g/mol. The zero-order chi connectivity index (χ0) is 12.7. The smallest absolute Gasteiger partial charge is 0.308 e. The molecule has 1 aliphatic carbocycles. The summed E-state index contributed by atoms with van der Waals surface area (Å²) in [5.41, 5.74) is 4.11. The molecule has 0 bridgehead atoms. The molecule has 3 rings (SSSR count). The summed E-state index contributed by atoms with van der Waals surface area (Å²) in [4.78, 5) is 13.5. The van der Waals surface area contributed by atoms with Crippen molar-refractivity contribution in [3.05, 3.63) is 34.9 Å². The van der Waals surface area contributed by atoms with Crippen molar-refractivity contribution in [3.63, 3.8) is 0 Å². The molecule has 0 spiro atoms. The van der Waals surface area contributed by atoms with Crippen LogP contribution in [-0.2, 0) is 17.6 Å². The Hall–Kier alpha value is -1.35. The normalized spacial score (nSPS) is 27.4. The second kappa shape index (κ2) is 4.39. The number of rotatable bonds is 2. The number of hydrogen-bond donors (Lipinski definition) is 1. The van der Waals surface area contributed by atoms with Gasteiger partial charge in [-0.05, 0) is 43.0 Å². The molecule has 2 atom stereocenters. The molecule has 96 valence electrons. The number of benzene rings is 1. The van der Waals surface area contributed by atoms with Gasteiger partial charge in [-0.25, -0.2) is 0 Å². The number of likely N-dealkylation sites (N-methyl/N-ethyl adjacent to an activating group) is 1. The van der Waals surface area contributed by atoms with Crippen molar-refractivity contribution in [1.82, 2.24) is 4.90 Å². The summed E-state index contributed by atoms with van der Waals surface area (Å²) < 4.78 is 0. The standard InChI is InChI=1S/C15H19NO2/c1-16-8-13(14(9-16)15(17)18)12-6-5-10-3-2-4-11(10)7-12/h5-7,13-14H,2-4,8-9H2,1H3,(H,17,18). The fourth-order valence-electron chi connectivity index (χ4n) is 3.41. The molecule has 3 heteroatoms. The van der Waals surface area contributed by atoms with Crippen LogP contribution in [0.4, 0.5) is 0 Å². The van der Waals surface area contributed by atoms with E-state index in [1.165, 1.54) is 29.5 Å². The number of likely N-dealkylation sites (tertiary alicyclic amines) is 1. The van der Waals surface area contributed by atoms with Crippen molar-refractivity contribution >= 4 is 5.97 Å². The lowest BCUT2D eigenvalue weighted by molar-refractivity contribution is -0.141. The molecule has 3 nitrogen and oxygen atoms in total. The molecule has 1 aromatic carbocycles. The van der Waals surface area contributed by atoms with Crippen LogP contribution in [0.15, 0.2) is 18.2 Å². The van der Waals surface area contributed by atoms with Crippen molar-refractivity contribution in [2.75, 3.05) is 20.1 Å². The molecule has 2 unspecified atom stereocenters. The van der Waals surface area contributed by atoms with E-state index in [2.05, 4.69) is 23.1 Å². The van der Waals surface area contributed by atoms with Gasteiger partial charge in [-0.1, -0.05) is 18.2 Å². The highest BCUT2D eigenvalue weighted by Gasteiger charge is 2.37. The number of carboxylic acids is 1. The maximum Gasteiger partial charge on any atom is 0.308 e. The molecular weight excluding hydrogens is 226 g/mol. The topological polar surface area (TPSA) is 40.5 Å². The lowest BCUT2D eigenvalue weighted by Crippen LogP contribution is -2.21.